The van der Waals surface area contributed by atoms with E-state index in [1.165, 1.54) is 18.9 Å². The molecule has 0 aliphatic rings. The third-order valence-corrected chi connectivity index (χ3v) is 4.05. The number of anilines is 1. The van der Waals surface area contributed by atoms with E-state index < -0.39 is 11.4 Å². The highest BCUT2D eigenvalue weighted by Crippen LogP contribution is 2.24. The maximum Gasteiger partial charge on any atom is 0.309 e. The van der Waals surface area contributed by atoms with E-state index in [0.29, 0.717) is 17.2 Å². The van der Waals surface area contributed by atoms with Crippen molar-refractivity contribution in [1.29, 1.82) is 0 Å². The highest BCUT2D eigenvalue weighted by Gasteiger charge is 2.27. The van der Waals surface area contributed by atoms with Crippen LogP contribution < -0.4 is 10.1 Å². The van der Waals surface area contributed by atoms with Crippen LogP contribution in [-0.4, -0.2) is 35.6 Å². The number of aliphatic carboxylic acids is 1. The van der Waals surface area contributed by atoms with Crippen molar-refractivity contribution in [2.75, 3.05) is 23.9 Å². The number of benzene rings is 1. The van der Waals surface area contributed by atoms with Crippen molar-refractivity contribution >= 4 is 29.3 Å². The van der Waals surface area contributed by atoms with Crippen LogP contribution in [0.5, 0.6) is 5.75 Å². The van der Waals surface area contributed by atoms with Gasteiger partial charge in [-0.1, -0.05) is 12.1 Å². The Morgan fingerprint density at radius 2 is 2.00 bits per heavy atom. The van der Waals surface area contributed by atoms with Crippen molar-refractivity contribution in [2.45, 2.75) is 13.8 Å². The molecule has 0 aliphatic carbocycles. The van der Waals surface area contributed by atoms with Gasteiger partial charge in [0, 0.05) is 5.75 Å². The van der Waals surface area contributed by atoms with Gasteiger partial charge in [-0.25, -0.2) is 0 Å². The minimum absolute atomic E-state index is 0.180. The number of carbonyl (C=O) groups is 2. The lowest BCUT2D eigenvalue weighted by molar-refractivity contribution is -0.145. The Balaban J connectivity index is 2.47. The standard InChI is InChI=1S/C14H19NO4S/c1-14(2,13(17)18)9-20-8-12(16)15-10-6-4-5-7-11(10)19-3/h4-7H,8-9H2,1-3H3,(H,15,16)(H,17,18). The Morgan fingerprint density at radius 3 is 2.60 bits per heavy atom. The van der Waals surface area contributed by atoms with E-state index in [4.69, 9.17) is 9.84 Å². The molecular formula is C14H19NO4S. The third-order valence-electron chi connectivity index (χ3n) is 2.66. The summed E-state index contributed by atoms with van der Waals surface area (Å²) in [6.45, 7) is 3.28. The van der Waals surface area contributed by atoms with Crippen LogP contribution in [0.15, 0.2) is 24.3 Å². The van der Waals surface area contributed by atoms with Crippen molar-refractivity contribution in [2.24, 2.45) is 5.41 Å². The molecule has 0 unspecified atom stereocenters. The Bertz CT molecular complexity index is 488. The maximum atomic E-state index is 11.8. The van der Waals surface area contributed by atoms with Gasteiger partial charge in [-0.2, -0.15) is 11.8 Å². The van der Waals surface area contributed by atoms with Crippen LogP contribution in [0.2, 0.25) is 0 Å². The summed E-state index contributed by atoms with van der Waals surface area (Å²) in [5.74, 6) is 0.128. The molecule has 0 radical (unpaired) electrons. The molecule has 1 aromatic carbocycles. The molecule has 0 aliphatic heterocycles. The van der Waals surface area contributed by atoms with Crippen LogP contribution in [0, 0.1) is 5.41 Å². The van der Waals surface area contributed by atoms with Gasteiger partial charge in [0.1, 0.15) is 5.75 Å². The zero-order valence-electron chi connectivity index (χ0n) is 11.8. The Kier molecular flexibility index (Phi) is 5.88. The minimum Gasteiger partial charge on any atom is -0.495 e. The molecule has 1 amide bonds. The lowest BCUT2D eigenvalue weighted by Crippen LogP contribution is -2.27. The minimum atomic E-state index is -0.866. The lowest BCUT2D eigenvalue weighted by atomic mass is 9.97. The van der Waals surface area contributed by atoms with Gasteiger partial charge in [0.25, 0.3) is 0 Å². The first-order valence-electron chi connectivity index (χ1n) is 6.11. The number of carbonyl (C=O) groups excluding carboxylic acids is 1. The van der Waals surface area contributed by atoms with Crippen molar-refractivity contribution in [1.82, 2.24) is 0 Å². The fourth-order valence-electron chi connectivity index (χ4n) is 1.39. The molecular weight excluding hydrogens is 278 g/mol. The predicted molar refractivity (Wildman–Crippen MR) is 80.4 cm³/mol. The third kappa shape index (κ3) is 4.77. The SMILES string of the molecule is COc1ccccc1NC(=O)CSCC(C)(C)C(=O)O. The first-order valence-corrected chi connectivity index (χ1v) is 7.26. The fraction of sp³-hybridized carbons (Fsp3) is 0.429. The van der Waals surface area contributed by atoms with Gasteiger partial charge in [-0.3, -0.25) is 9.59 Å². The highest BCUT2D eigenvalue weighted by atomic mass is 32.2. The van der Waals surface area contributed by atoms with Gasteiger partial charge >= 0.3 is 5.97 Å². The number of amides is 1. The first kappa shape index (κ1) is 16.4. The van der Waals surface area contributed by atoms with E-state index in [1.807, 2.05) is 6.07 Å². The number of methoxy groups -OCH3 is 1. The van der Waals surface area contributed by atoms with E-state index in [1.54, 1.807) is 32.0 Å². The summed E-state index contributed by atoms with van der Waals surface area (Å²) in [7, 11) is 1.54. The molecule has 1 rings (SSSR count). The molecule has 0 saturated carbocycles. The second kappa shape index (κ2) is 7.19. The fourth-order valence-corrected chi connectivity index (χ4v) is 2.39. The number of nitrogens with one attached hydrogen (secondary N) is 1. The number of ether oxygens (including phenoxy) is 1. The van der Waals surface area contributed by atoms with Crippen molar-refractivity contribution in [3.8, 4) is 5.75 Å². The summed E-state index contributed by atoms with van der Waals surface area (Å²) >= 11 is 1.30. The summed E-state index contributed by atoms with van der Waals surface area (Å²) in [4.78, 5) is 22.7. The van der Waals surface area contributed by atoms with Crippen LogP contribution in [0.3, 0.4) is 0 Å². The van der Waals surface area contributed by atoms with Crippen molar-refractivity contribution in [3.05, 3.63) is 24.3 Å². The molecule has 0 saturated heterocycles. The van der Waals surface area contributed by atoms with E-state index in [2.05, 4.69) is 5.32 Å². The number of para-hydroxylation sites is 2. The van der Waals surface area contributed by atoms with E-state index in [0.717, 1.165) is 0 Å². The molecule has 0 spiro atoms. The van der Waals surface area contributed by atoms with Crippen LogP contribution >= 0.6 is 11.8 Å². The van der Waals surface area contributed by atoms with E-state index in [-0.39, 0.29) is 11.7 Å². The van der Waals surface area contributed by atoms with Crippen LogP contribution in [-0.2, 0) is 9.59 Å². The summed E-state index contributed by atoms with van der Waals surface area (Å²) in [6.07, 6.45) is 0. The maximum absolute atomic E-state index is 11.8. The first-order chi connectivity index (χ1) is 9.36. The topological polar surface area (TPSA) is 75.6 Å². The number of hydrogen-bond acceptors (Lipinski definition) is 4. The zero-order valence-corrected chi connectivity index (χ0v) is 12.6. The predicted octanol–water partition coefficient (Wildman–Crippen LogP) is 2.48. The number of carboxylic acid groups (broad SMARTS) is 1. The number of carboxylic acids is 1. The summed E-state index contributed by atoms with van der Waals surface area (Å²) in [5.41, 5.74) is -0.229. The second-order valence-corrected chi connectivity index (χ2v) is 5.92. The van der Waals surface area contributed by atoms with Gasteiger partial charge in [0.15, 0.2) is 0 Å². The second-order valence-electron chi connectivity index (χ2n) is 4.93. The lowest BCUT2D eigenvalue weighted by Gasteiger charge is -2.18. The van der Waals surface area contributed by atoms with E-state index >= 15 is 0 Å². The number of thioether (sulfide) groups is 1. The molecule has 0 aromatic heterocycles. The molecule has 1 aromatic rings. The van der Waals surface area contributed by atoms with Crippen LogP contribution in [0.1, 0.15) is 13.8 Å². The summed E-state index contributed by atoms with van der Waals surface area (Å²) in [6, 6.07) is 7.14. The van der Waals surface area contributed by atoms with Gasteiger partial charge in [0.2, 0.25) is 5.91 Å². The van der Waals surface area contributed by atoms with Gasteiger partial charge in [0.05, 0.1) is 24.0 Å². The normalized spacial score (nSPS) is 10.9. The summed E-state index contributed by atoms with van der Waals surface area (Å²) < 4.78 is 5.14. The number of hydrogen-bond donors (Lipinski definition) is 2. The molecule has 0 bridgehead atoms. The monoisotopic (exact) mass is 297 g/mol. The van der Waals surface area contributed by atoms with Gasteiger partial charge in [-0.05, 0) is 26.0 Å². The summed E-state index contributed by atoms with van der Waals surface area (Å²) in [5, 5.41) is 11.7. The molecule has 0 heterocycles. The molecule has 5 nitrogen and oxygen atoms in total. The van der Waals surface area contributed by atoms with Crippen molar-refractivity contribution < 1.29 is 19.4 Å². The Hall–Kier alpha value is -1.69. The number of rotatable bonds is 7. The Labute approximate surface area is 122 Å². The molecule has 0 atom stereocenters. The van der Waals surface area contributed by atoms with Gasteiger partial charge < -0.3 is 15.2 Å². The molecule has 0 fully saturated rings. The average molecular weight is 297 g/mol. The van der Waals surface area contributed by atoms with E-state index in [9.17, 15) is 9.59 Å². The van der Waals surface area contributed by atoms with Crippen molar-refractivity contribution in [3.63, 3.8) is 0 Å². The Morgan fingerprint density at radius 1 is 1.35 bits per heavy atom. The molecule has 2 N–H and O–H groups in total. The smallest absolute Gasteiger partial charge is 0.309 e. The largest absolute Gasteiger partial charge is 0.495 e. The van der Waals surface area contributed by atoms with Gasteiger partial charge in [-0.15, -0.1) is 0 Å². The molecule has 6 heteroatoms. The zero-order chi connectivity index (χ0) is 15.2. The van der Waals surface area contributed by atoms with Crippen LogP contribution in [0.25, 0.3) is 0 Å². The van der Waals surface area contributed by atoms with Crippen LogP contribution in [0.4, 0.5) is 5.69 Å². The average Bonchev–Trinajstić information content (AvgIpc) is 2.39. The highest BCUT2D eigenvalue weighted by molar-refractivity contribution is 8.00. The molecule has 20 heavy (non-hydrogen) atoms. The molecule has 110 valence electrons. The quantitative estimate of drug-likeness (QED) is 0.808.